The molecule has 0 N–H and O–H groups in total. The minimum atomic E-state index is -1.92. The summed E-state index contributed by atoms with van der Waals surface area (Å²) in [4.78, 5) is 12.6. The summed E-state index contributed by atoms with van der Waals surface area (Å²) in [5, 5.41) is 1.99. The number of fused-ring (bicyclic) bond motifs is 1. The first-order valence-corrected chi connectivity index (χ1v) is 10.9. The Hall–Kier alpha value is -0.750. The molecule has 2 aromatic carbocycles. The summed E-state index contributed by atoms with van der Waals surface area (Å²) in [6.45, 7) is 2.01. The fraction of sp³-hybridized carbons (Fsp3) is 0.316. The molecular weight excluding hydrogens is 499 g/mol. The topological polar surface area (TPSA) is 47.9 Å². The third-order valence-corrected chi connectivity index (χ3v) is 5.03. The minimum absolute atomic E-state index is 0.142. The Labute approximate surface area is 198 Å². The van der Waals surface area contributed by atoms with Crippen LogP contribution in [0.25, 0.3) is 10.8 Å². The van der Waals surface area contributed by atoms with E-state index in [1.165, 1.54) is 0 Å². The molecule has 0 fully saturated rings. The summed E-state index contributed by atoms with van der Waals surface area (Å²) in [6.07, 6.45) is 0.810. The third kappa shape index (κ3) is 5.69. The Morgan fingerprint density at radius 1 is 0.828 bits per heavy atom. The highest BCUT2D eigenvalue weighted by atomic mass is 35.6. The zero-order chi connectivity index (χ0) is 21.2. The lowest BCUT2D eigenvalue weighted by atomic mass is 10.1. The van der Waals surface area contributed by atoms with E-state index in [1.54, 1.807) is 0 Å². The molecule has 0 aliphatic rings. The van der Waals surface area contributed by atoms with Crippen molar-refractivity contribution >= 4 is 80.4 Å². The SMILES string of the molecule is CCCC(Oc1cccc2ccccc12)c1nc(C(Cl)(Cl)Cl)nc(C(Cl)(Cl)Cl)n1. The molecule has 0 amide bonds. The van der Waals surface area contributed by atoms with Gasteiger partial charge in [-0.2, -0.15) is 0 Å². The van der Waals surface area contributed by atoms with Gasteiger partial charge in [-0.05, 0) is 17.9 Å². The van der Waals surface area contributed by atoms with Crippen molar-refractivity contribution in [3.05, 3.63) is 59.9 Å². The quantitative estimate of drug-likeness (QED) is 0.329. The average molecular weight is 514 g/mol. The van der Waals surface area contributed by atoms with E-state index in [0.717, 1.165) is 17.2 Å². The molecule has 0 radical (unpaired) electrons. The third-order valence-electron chi connectivity index (χ3n) is 4.02. The Morgan fingerprint density at radius 3 is 2.00 bits per heavy atom. The fourth-order valence-electron chi connectivity index (χ4n) is 2.74. The van der Waals surface area contributed by atoms with Crippen LogP contribution >= 0.6 is 69.6 Å². The molecule has 29 heavy (non-hydrogen) atoms. The Bertz CT molecular complexity index is 966. The smallest absolute Gasteiger partial charge is 0.250 e. The van der Waals surface area contributed by atoms with Gasteiger partial charge in [0.1, 0.15) is 5.75 Å². The number of benzene rings is 2. The average Bonchev–Trinajstić information content (AvgIpc) is 2.66. The number of halogens is 6. The lowest BCUT2D eigenvalue weighted by molar-refractivity contribution is 0.185. The van der Waals surface area contributed by atoms with E-state index in [-0.39, 0.29) is 17.5 Å². The van der Waals surface area contributed by atoms with Crippen LogP contribution in [0.2, 0.25) is 0 Å². The van der Waals surface area contributed by atoms with E-state index in [2.05, 4.69) is 15.0 Å². The zero-order valence-corrected chi connectivity index (χ0v) is 19.6. The molecule has 154 valence electrons. The second-order valence-electron chi connectivity index (χ2n) is 6.21. The first kappa shape index (κ1) is 22.9. The fourth-order valence-corrected chi connectivity index (χ4v) is 3.25. The van der Waals surface area contributed by atoms with Crippen LogP contribution in [-0.2, 0) is 7.59 Å². The van der Waals surface area contributed by atoms with Crippen molar-refractivity contribution in [2.24, 2.45) is 0 Å². The largest absolute Gasteiger partial charge is 0.482 e. The van der Waals surface area contributed by atoms with Gasteiger partial charge < -0.3 is 4.74 Å². The first-order chi connectivity index (χ1) is 13.6. The number of alkyl halides is 6. The standard InChI is InChI=1S/C19H15Cl6N3O/c1-2-6-14(29-13-10-5-8-11-7-3-4-9-12(11)13)15-26-16(18(20,21)22)28-17(27-15)19(23,24)25/h3-5,7-10,14H,2,6H2,1H3. The van der Waals surface area contributed by atoms with E-state index in [1.807, 2.05) is 49.4 Å². The van der Waals surface area contributed by atoms with Gasteiger partial charge >= 0.3 is 0 Å². The first-order valence-electron chi connectivity index (χ1n) is 8.64. The molecule has 3 aromatic rings. The van der Waals surface area contributed by atoms with Gasteiger partial charge in [-0.25, -0.2) is 15.0 Å². The highest BCUT2D eigenvalue weighted by Gasteiger charge is 2.35. The van der Waals surface area contributed by atoms with Crippen LogP contribution in [0.5, 0.6) is 5.75 Å². The Balaban J connectivity index is 2.08. The molecule has 1 aromatic heterocycles. The highest BCUT2D eigenvalue weighted by molar-refractivity contribution is 6.67. The summed E-state index contributed by atoms with van der Waals surface area (Å²) in [7, 11) is 0. The number of hydrogen-bond donors (Lipinski definition) is 0. The van der Waals surface area contributed by atoms with Gasteiger partial charge in [-0.3, -0.25) is 0 Å². The van der Waals surface area contributed by atoms with Crippen molar-refractivity contribution in [1.82, 2.24) is 15.0 Å². The van der Waals surface area contributed by atoms with Gasteiger partial charge in [0.15, 0.2) is 23.6 Å². The Morgan fingerprint density at radius 2 is 1.41 bits per heavy atom. The number of hydrogen-bond acceptors (Lipinski definition) is 4. The van der Waals surface area contributed by atoms with Crippen LogP contribution < -0.4 is 4.74 Å². The van der Waals surface area contributed by atoms with Crippen LogP contribution in [0, 0.1) is 0 Å². The van der Waals surface area contributed by atoms with Crippen molar-refractivity contribution in [1.29, 1.82) is 0 Å². The second-order valence-corrected chi connectivity index (χ2v) is 10.8. The molecule has 0 saturated heterocycles. The van der Waals surface area contributed by atoms with Gasteiger partial charge in [0.2, 0.25) is 7.59 Å². The van der Waals surface area contributed by atoms with Crippen molar-refractivity contribution in [3.8, 4) is 5.75 Å². The zero-order valence-electron chi connectivity index (χ0n) is 15.1. The van der Waals surface area contributed by atoms with E-state index in [0.29, 0.717) is 12.2 Å². The van der Waals surface area contributed by atoms with Gasteiger partial charge in [0.25, 0.3) is 0 Å². The molecule has 0 spiro atoms. The maximum atomic E-state index is 6.28. The van der Waals surface area contributed by atoms with Crippen LogP contribution in [0.1, 0.15) is 43.3 Å². The van der Waals surface area contributed by atoms with Gasteiger partial charge in [-0.15, -0.1) is 0 Å². The molecule has 0 bridgehead atoms. The molecule has 0 saturated carbocycles. The van der Waals surface area contributed by atoms with E-state index < -0.39 is 13.7 Å². The second kappa shape index (κ2) is 9.17. The molecule has 3 rings (SSSR count). The van der Waals surface area contributed by atoms with Crippen molar-refractivity contribution in [3.63, 3.8) is 0 Å². The van der Waals surface area contributed by atoms with Crippen LogP contribution in [0.3, 0.4) is 0 Å². The van der Waals surface area contributed by atoms with Crippen LogP contribution in [0.15, 0.2) is 42.5 Å². The summed E-state index contributed by atoms with van der Waals surface area (Å²) in [6, 6.07) is 13.7. The van der Waals surface area contributed by atoms with E-state index >= 15 is 0 Å². The van der Waals surface area contributed by atoms with Crippen molar-refractivity contribution in [2.75, 3.05) is 0 Å². The molecule has 10 heteroatoms. The van der Waals surface area contributed by atoms with Crippen molar-refractivity contribution in [2.45, 2.75) is 33.5 Å². The molecule has 1 atom stereocenters. The lowest BCUT2D eigenvalue weighted by Gasteiger charge is -2.21. The maximum absolute atomic E-state index is 6.28. The van der Waals surface area contributed by atoms with E-state index in [9.17, 15) is 0 Å². The van der Waals surface area contributed by atoms with E-state index in [4.69, 9.17) is 74.3 Å². The predicted molar refractivity (Wildman–Crippen MR) is 121 cm³/mol. The molecule has 0 aliphatic carbocycles. The number of aromatic nitrogens is 3. The Kier molecular flexibility index (Phi) is 7.25. The summed E-state index contributed by atoms with van der Waals surface area (Å²) >= 11 is 35.9. The van der Waals surface area contributed by atoms with Crippen LogP contribution in [-0.4, -0.2) is 15.0 Å². The molecular formula is C19H15Cl6N3O. The van der Waals surface area contributed by atoms with Gasteiger partial charge in [0, 0.05) is 5.39 Å². The summed E-state index contributed by atoms with van der Waals surface area (Å²) < 4.78 is 2.44. The minimum Gasteiger partial charge on any atom is -0.482 e. The summed E-state index contributed by atoms with van der Waals surface area (Å²) in [5.74, 6) is 0.609. The van der Waals surface area contributed by atoms with Crippen molar-refractivity contribution < 1.29 is 4.74 Å². The lowest BCUT2D eigenvalue weighted by Crippen LogP contribution is -2.21. The van der Waals surface area contributed by atoms with Crippen LogP contribution in [0.4, 0.5) is 0 Å². The molecule has 1 unspecified atom stereocenters. The number of rotatable bonds is 5. The normalized spacial score (nSPS) is 13.5. The maximum Gasteiger partial charge on any atom is 0.250 e. The highest BCUT2D eigenvalue weighted by Crippen LogP contribution is 2.41. The monoisotopic (exact) mass is 511 g/mol. The molecule has 0 aliphatic heterocycles. The molecule has 1 heterocycles. The van der Waals surface area contributed by atoms with Gasteiger partial charge in [-0.1, -0.05) is 119 Å². The van der Waals surface area contributed by atoms with Gasteiger partial charge in [0.05, 0.1) is 0 Å². The number of ether oxygens (including phenoxy) is 1. The predicted octanol–water partition coefficient (Wildman–Crippen LogP) is 7.60. The summed E-state index contributed by atoms with van der Waals surface area (Å²) in [5.41, 5.74) is 0. The molecule has 4 nitrogen and oxygen atoms in total. The number of nitrogens with zero attached hydrogens (tertiary/aromatic N) is 3.